The highest BCUT2D eigenvalue weighted by molar-refractivity contribution is 5.41. The Hall–Kier alpha value is -3.24. The quantitative estimate of drug-likeness (QED) is 0.521. The van der Waals surface area contributed by atoms with Crippen LogP contribution in [0.2, 0.25) is 0 Å². The van der Waals surface area contributed by atoms with Crippen molar-refractivity contribution in [1.82, 2.24) is 29.0 Å². The van der Waals surface area contributed by atoms with E-state index in [0.29, 0.717) is 48.7 Å². The van der Waals surface area contributed by atoms with Gasteiger partial charge in [0.1, 0.15) is 12.0 Å². The summed E-state index contributed by atoms with van der Waals surface area (Å²) in [6, 6.07) is 9.38. The van der Waals surface area contributed by atoms with Gasteiger partial charge in [-0.15, -0.1) is 5.10 Å². The number of halogens is 3. The molecule has 0 saturated carbocycles. The fourth-order valence-corrected chi connectivity index (χ4v) is 4.30. The van der Waals surface area contributed by atoms with E-state index >= 15 is 0 Å². The molecule has 1 fully saturated rings. The summed E-state index contributed by atoms with van der Waals surface area (Å²) >= 11 is 0. The van der Waals surface area contributed by atoms with Gasteiger partial charge in [-0.3, -0.25) is 9.47 Å². The molecule has 0 amide bonds. The summed E-state index contributed by atoms with van der Waals surface area (Å²) < 4.78 is 43.5. The van der Waals surface area contributed by atoms with Crippen LogP contribution < -0.4 is 0 Å². The molecule has 0 bridgehead atoms. The zero-order valence-electron chi connectivity index (χ0n) is 17.0. The third-order valence-corrected chi connectivity index (χ3v) is 5.94. The van der Waals surface area contributed by atoms with E-state index in [9.17, 15) is 18.3 Å². The van der Waals surface area contributed by atoms with Gasteiger partial charge < -0.3 is 5.11 Å². The lowest BCUT2D eigenvalue weighted by atomic mass is 9.86. The predicted octanol–water partition coefficient (Wildman–Crippen LogP) is 3.80. The maximum atomic E-state index is 13.4. The van der Waals surface area contributed by atoms with Crippen molar-refractivity contribution in [1.29, 1.82) is 0 Å². The number of aliphatic hydroxyl groups is 1. The number of imidazole rings is 2. The summed E-state index contributed by atoms with van der Waals surface area (Å²) in [5.74, 6) is 0.467. The van der Waals surface area contributed by atoms with Crippen LogP contribution in [-0.2, 0) is 6.18 Å². The van der Waals surface area contributed by atoms with Crippen LogP contribution in [0.4, 0.5) is 13.2 Å². The minimum atomic E-state index is -4.37. The molecule has 1 N–H and O–H groups in total. The Balaban J connectivity index is 1.31. The molecular formula is C22H21F3N6O. The van der Waals surface area contributed by atoms with Gasteiger partial charge in [-0.05, 0) is 42.5 Å². The third kappa shape index (κ3) is 3.87. The summed E-state index contributed by atoms with van der Waals surface area (Å²) in [5, 5.41) is 15.4. The fourth-order valence-electron chi connectivity index (χ4n) is 4.30. The fraction of sp³-hybridized carbons (Fsp3) is 0.318. The molecule has 1 saturated heterocycles. The Morgan fingerprint density at radius 1 is 1.06 bits per heavy atom. The highest BCUT2D eigenvalue weighted by atomic mass is 19.4. The van der Waals surface area contributed by atoms with Gasteiger partial charge in [-0.25, -0.2) is 14.5 Å². The lowest BCUT2D eigenvalue weighted by molar-refractivity contribution is -0.138. The molecule has 1 aromatic carbocycles. The van der Waals surface area contributed by atoms with E-state index in [4.69, 9.17) is 0 Å². The Labute approximate surface area is 181 Å². The minimum absolute atomic E-state index is 0.197. The van der Waals surface area contributed by atoms with E-state index in [2.05, 4.69) is 15.1 Å². The first-order valence-electron chi connectivity index (χ1n) is 10.3. The molecule has 0 aliphatic carbocycles. The van der Waals surface area contributed by atoms with E-state index in [0.717, 1.165) is 6.07 Å². The topological polar surface area (TPSA) is 71.5 Å². The third-order valence-electron chi connectivity index (χ3n) is 5.94. The smallest absolute Gasteiger partial charge is 0.372 e. The molecule has 1 aliphatic heterocycles. The van der Waals surface area contributed by atoms with Gasteiger partial charge in [0.2, 0.25) is 0 Å². The molecule has 4 heterocycles. The van der Waals surface area contributed by atoms with Crippen LogP contribution in [0.3, 0.4) is 0 Å². The number of piperidine rings is 1. The molecule has 3 aromatic heterocycles. The molecule has 1 atom stereocenters. The van der Waals surface area contributed by atoms with Crippen molar-refractivity contribution in [2.24, 2.45) is 0 Å². The number of hydrogen-bond acceptors (Lipinski definition) is 5. The lowest BCUT2D eigenvalue weighted by Gasteiger charge is -2.35. The van der Waals surface area contributed by atoms with Crippen LogP contribution in [0.25, 0.3) is 11.5 Å². The van der Waals surface area contributed by atoms with Crippen LogP contribution in [0.1, 0.15) is 41.8 Å². The molecule has 5 rings (SSSR count). The van der Waals surface area contributed by atoms with Crippen molar-refractivity contribution in [2.45, 2.75) is 31.2 Å². The highest BCUT2D eigenvalue weighted by Crippen LogP contribution is 2.39. The molecule has 4 aromatic rings. The van der Waals surface area contributed by atoms with Crippen molar-refractivity contribution < 1.29 is 18.3 Å². The van der Waals surface area contributed by atoms with Crippen LogP contribution in [0.15, 0.2) is 61.3 Å². The van der Waals surface area contributed by atoms with E-state index < -0.39 is 18.0 Å². The second-order valence-electron chi connectivity index (χ2n) is 7.90. The van der Waals surface area contributed by atoms with Crippen molar-refractivity contribution in [3.05, 3.63) is 78.1 Å². The number of aliphatic hydroxyl groups excluding tert-OH is 1. The maximum absolute atomic E-state index is 13.4. The summed E-state index contributed by atoms with van der Waals surface area (Å²) in [6.07, 6.45) is 2.49. The number of likely N-dealkylation sites (tertiary alicyclic amines) is 1. The largest absolute Gasteiger partial charge is 0.416 e. The number of rotatable bonds is 4. The van der Waals surface area contributed by atoms with Gasteiger partial charge in [-0.2, -0.15) is 13.2 Å². The minimum Gasteiger partial charge on any atom is -0.372 e. The molecule has 10 heteroatoms. The number of aromatic nitrogens is 5. The highest BCUT2D eigenvalue weighted by Gasteiger charge is 2.36. The van der Waals surface area contributed by atoms with Crippen molar-refractivity contribution >= 4 is 5.65 Å². The molecule has 32 heavy (non-hydrogen) atoms. The Bertz CT molecular complexity index is 1210. The molecule has 166 valence electrons. The second kappa shape index (κ2) is 8.03. The van der Waals surface area contributed by atoms with E-state index in [1.54, 1.807) is 52.2 Å². The first-order chi connectivity index (χ1) is 15.4. The molecule has 1 aliphatic rings. The number of hydrogen-bond donors (Lipinski definition) is 1. The molecular weight excluding hydrogens is 421 g/mol. The Morgan fingerprint density at radius 3 is 2.56 bits per heavy atom. The summed E-state index contributed by atoms with van der Waals surface area (Å²) in [4.78, 5) is 10.3. The van der Waals surface area contributed by atoms with E-state index in [1.807, 2.05) is 11.0 Å². The van der Waals surface area contributed by atoms with Gasteiger partial charge in [0, 0.05) is 25.5 Å². The van der Waals surface area contributed by atoms with E-state index in [1.165, 1.54) is 6.07 Å². The van der Waals surface area contributed by atoms with Crippen molar-refractivity contribution in [3.8, 4) is 5.82 Å². The number of nitrogens with zero attached hydrogens (tertiary/aromatic N) is 6. The number of fused-ring (bicyclic) bond motifs is 1. The zero-order chi connectivity index (χ0) is 22.3. The van der Waals surface area contributed by atoms with Gasteiger partial charge >= 0.3 is 6.18 Å². The lowest BCUT2D eigenvalue weighted by Crippen LogP contribution is -2.36. The maximum Gasteiger partial charge on any atom is 0.416 e. The number of alkyl halides is 3. The zero-order valence-corrected chi connectivity index (χ0v) is 17.0. The molecule has 0 radical (unpaired) electrons. The predicted molar refractivity (Wildman–Crippen MR) is 110 cm³/mol. The SMILES string of the molecule is OC(c1cn2nc(-n3ccnc3)ccc2n1)N1CCC(c2ccccc2C(F)(F)F)CC1. The van der Waals surface area contributed by atoms with Crippen LogP contribution >= 0.6 is 0 Å². The van der Waals surface area contributed by atoms with Crippen molar-refractivity contribution in [3.63, 3.8) is 0 Å². The van der Waals surface area contributed by atoms with Gasteiger partial charge in [0.25, 0.3) is 0 Å². The van der Waals surface area contributed by atoms with Gasteiger partial charge in [0.15, 0.2) is 17.7 Å². The van der Waals surface area contributed by atoms with E-state index in [-0.39, 0.29) is 5.92 Å². The monoisotopic (exact) mass is 442 g/mol. The average Bonchev–Trinajstić information content (AvgIpc) is 3.48. The van der Waals surface area contributed by atoms with Crippen LogP contribution in [0, 0.1) is 0 Å². The Kier molecular flexibility index (Phi) is 5.18. The molecule has 0 spiro atoms. The summed E-state index contributed by atoms with van der Waals surface area (Å²) in [7, 11) is 0. The van der Waals surface area contributed by atoms with Crippen molar-refractivity contribution in [2.75, 3.05) is 13.1 Å². The first kappa shape index (κ1) is 20.7. The van der Waals surface area contributed by atoms with Gasteiger partial charge in [-0.1, -0.05) is 18.2 Å². The summed E-state index contributed by atoms with van der Waals surface area (Å²) in [6.45, 7) is 0.944. The van der Waals surface area contributed by atoms with Gasteiger partial charge in [0.05, 0.1) is 11.8 Å². The summed E-state index contributed by atoms with van der Waals surface area (Å²) in [5.41, 5.74) is 0.809. The number of benzene rings is 1. The standard InChI is InChI=1S/C22H21F3N6O/c23-22(24,25)17-4-2-1-3-16(17)15-7-10-29(11-8-15)21(32)18-13-31-19(27-18)5-6-20(28-31)30-12-9-26-14-30/h1-6,9,12-15,21,32H,7-8,10-11H2. The average molecular weight is 442 g/mol. The molecule has 1 unspecified atom stereocenters. The first-order valence-corrected chi connectivity index (χ1v) is 10.3. The van der Waals surface area contributed by atoms with Crippen LogP contribution in [0.5, 0.6) is 0 Å². The van der Waals surface area contributed by atoms with Crippen LogP contribution in [-0.4, -0.2) is 47.2 Å². The normalized spacial score (nSPS) is 17.1. The molecule has 7 nitrogen and oxygen atoms in total. The second-order valence-corrected chi connectivity index (χ2v) is 7.90. The Morgan fingerprint density at radius 2 is 1.84 bits per heavy atom.